The van der Waals surface area contributed by atoms with E-state index in [0.29, 0.717) is 17.4 Å². The first-order valence-electron chi connectivity index (χ1n) is 10.4. The van der Waals surface area contributed by atoms with Crippen LogP contribution in [0.3, 0.4) is 0 Å². The number of ether oxygens (including phenoxy) is 1. The van der Waals surface area contributed by atoms with Gasteiger partial charge in [0.05, 0.1) is 17.1 Å². The van der Waals surface area contributed by atoms with Crippen LogP contribution in [0.15, 0.2) is 64.0 Å². The summed E-state index contributed by atoms with van der Waals surface area (Å²) in [6.07, 6.45) is 2.02. The van der Waals surface area contributed by atoms with E-state index < -0.39 is 0 Å². The van der Waals surface area contributed by atoms with Crippen molar-refractivity contribution < 1.29 is 9.53 Å². The molecular formula is C24H26N4O2S. The zero-order chi connectivity index (χ0) is 21.8. The topological polar surface area (TPSA) is 68.0 Å². The van der Waals surface area contributed by atoms with Crippen molar-refractivity contribution in [1.29, 1.82) is 0 Å². The average molecular weight is 435 g/mol. The molecule has 0 fully saturated rings. The summed E-state index contributed by atoms with van der Waals surface area (Å²) < 4.78 is 7.40. The standard InChI is InChI=1S/C24H26N4O2S/c1-16(2)9-10-17(3)27-28-21(15-31-24(28)25-19-7-5-4-6-8-19)18-11-12-22-20(13-18)26-23(29)14-30-22/h4-8,11-13,15-16H,9-10,14H2,1-3H3,(H,26,29). The molecule has 1 N–H and O–H groups in total. The minimum Gasteiger partial charge on any atom is -0.482 e. The number of aromatic nitrogens is 1. The highest BCUT2D eigenvalue weighted by Gasteiger charge is 2.18. The molecule has 0 aliphatic carbocycles. The van der Waals surface area contributed by atoms with E-state index in [4.69, 9.17) is 14.8 Å². The van der Waals surface area contributed by atoms with E-state index >= 15 is 0 Å². The van der Waals surface area contributed by atoms with Gasteiger partial charge in [0.25, 0.3) is 5.91 Å². The maximum absolute atomic E-state index is 11.7. The fraction of sp³-hybridized carbons (Fsp3) is 0.292. The molecule has 31 heavy (non-hydrogen) atoms. The maximum Gasteiger partial charge on any atom is 0.262 e. The minimum atomic E-state index is -0.148. The molecule has 4 rings (SSSR count). The number of nitrogens with one attached hydrogen (secondary N) is 1. The van der Waals surface area contributed by atoms with Gasteiger partial charge < -0.3 is 10.1 Å². The largest absolute Gasteiger partial charge is 0.482 e. The molecule has 2 aromatic carbocycles. The Morgan fingerprint density at radius 3 is 2.81 bits per heavy atom. The molecule has 1 aliphatic heterocycles. The number of para-hydroxylation sites is 1. The Bertz CT molecular complexity index is 1180. The lowest BCUT2D eigenvalue weighted by atomic mass is 10.1. The van der Waals surface area contributed by atoms with Crippen LogP contribution in [0.1, 0.15) is 33.6 Å². The predicted molar refractivity (Wildman–Crippen MR) is 126 cm³/mol. The van der Waals surface area contributed by atoms with Gasteiger partial charge in [-0.05, 0) is 56.0 Å². The van der Waals surface area contributed by atoms with Crippen LogP contribution < -0.4 is 14.9 Å². The van der Waals surface area contributed by atoms with Crippen molar-refractivity contribution in [1.82, 2.24) is 4.68 Å². The SMILES string of the molecule is CC(CCC(C)C)=Nn1c(-c2ccc3c(c2)NC(=O)CO3)csc1=Nc1ccccc1. The van der Waals surface area contributed by atoms with E-state index in [1.165, 1.54) is 0 Å². The van der Waals surface area contributed by atoms with Crippen molar-refractivity contribution >= 4 is 34.3 Å². The summed E-state index contributed by atoms with van der Waals surface area (Å²) in [6.45, 7) is 6.54. The van der Waals surface area contributed by atoms with Crippen molar-refractivity contribution in [2.75, 3.05) is 11.9 Å². The summed E-state index contributed by atoms with van der Waals surface area (Å²) in [4.78, 5) is 17.4. The first kappa shape index (κ1) is 21.1. The van der Waals surface area contributed by atoms with Gasteiger partial charge in [0, 0.05) is 16.7 Å². The Balaban J connectivity index is 1.79. The maximum atomic E-state index is 11.7. The quantitative estimate of drug-likeness (QED) is 0.525. The highest BCUT2D eigenvalue weighted by atomic mass is 32.1. The van der Waals surface area contributed by atoms with Gasteiger partial charge in [-0.2, -0.15) is 5.10 Å². The van der Waals surface area contributed by atoms with Crippen LogP contribution in [0.5, 0.6) is 5.75 Å². The number of amides is 1. The molecule has 1 aromatic heterocycles. The molecule has 0 saturated heterocycles. The van der Waals surface area contributed by atoms with Crippen LogP contribution in [0.4, 0.5) is 11.4 Å². The first-order valence-corrected chi connectivity index (χ1v) is 11.3. The van der Waals surface area contributed by atoms with E-state index in [-0.39, 0.29) is 12.5 Å². The fourth-order valence-corrected chi connectivity index (χ4v) is 4.10. The Morgan fingerprint density at radius 2 is 2.03 bits per heavy atom. The summed E-state index contributed by atoms with van der Waals surface area (Å²) in [7, 11) is 0. The van der Waals surface area contributed by atoms with Crippen LogP contribution >= 0.6 is 11.3 Å². The average Bonchev–Trinajstić information content (AvgIpc) is 3.14. The number of nitrogens with zero attached hydrogens (tertiary/aromatic N) is 3. The van der Waals surface area contributed by atoms with Crippen LogP contribution in [0.2, 0.25) is 0 Å². The molecule has 7 heteroatoms. The minimum absolute atomic E-state index is 0.0459. The smallest absolute Gasteiger partial charge is 0.262 e. The number of fused-ring (bicyclic) bond motifs is 1. The van der Waals surface area contributed by atoms with E-state index in [0.717, 1.165) is 40.3 Å². The third-order valence-electron chi connectivity index (χ3n) is 4.93. The van der Waals surface area contributed by atoms with Gasteiger partial charge in [-0.3, -0.25) is 4.79 Å². The summed E-state index contributed by atoms with van der Waals surface area (Å²) in [5.41, 5.74) is 4.47. The van der Waals surface area contributed by atoms with E-state index in [1.807, 2.05) is 58.6 Å². The van der Waals surface area contributed by atoms with Crippen molar-refractivity contribution in [3.8, 4) is 17.0 Å². The second-order valence-electron chi connectivity index (χ2n) is 7.98. The van der Waals surface area contributed by atoms with E-state index in [1.54, 1.807) is 11.3 Å². The van der Waals surface area contributed by atoms with Crippen LogP contribution in [-0.2, 0) is 4.79 Å². The lowest BCUT2D eigenvalue weighted by molar-refractivity contribution is -0.118. The molecule has 1 aliphatic rings. The van der Waals surface area contributed by atoms with Crippen LogP contribution in [-0.4, -0.2) is 22.9 Å². The number of thiazole rings is 1. The predicted octanol–water partition coefficient (Wildman–Crippen LogP) is 5.44. The highest BCUT2D eigenvalue weighted by molar-refractivity contribution is 7.07. The highest BCUT2D eigenvalue weighted by Crippen LogP contribution is 2.33. The van der Waals surface area contributed by atoms with Gasteiger partial charge in [-0.15, -0.1) is 11.3 Å². The summed E-state index contributed by atoms with van der Waals surface area (Å²) in [5.74, 6) is 1.15. The number of carbonyl (C=O) groups excluding carboxylic acids is 1. The monoisotopic (exact) mass is 434 g/mol. The lowest BCUT2D eigenvalue weighted by Crippen LogP contribution is -2.25. The molecule has 160 valence electrons. The van der Waals surface area contributed by atoms with Crippen LogP contribution in [0.25, 0.3) is 11.3 Å². The molecule has 6 nitrogen and oxygen atoms in total. The van der Waals surface area contributed by atoms with Crippen LogP contribution in [0, 0.1) is 5.92 Å². The van der Waals surface area contributed by atoms with Crippen molar-refractivity contribution in [2.24, 2.45) is 16.0 Å². The number of hydrogen-bond donors (Lipinski definition) is 1. The van der Waals surface area contributed by atoms with E-state index in [9.17, 15) is 4.79 Å². The molecule has 0 saturated carbocycles. The Morgan fingerprint density at radius 1 is 1.23 bits per heavy atom. The van der Waals surface area contributed by atoms with Gasteiger partial charge in [-0.25, -0.2) is 9.67 Å². The summed E-state index contributed by atoms with van der Waals surface area (Å²) in [5, 5.41) is 9.85. The van der Waals surface area contributed by atoms with Gasteiger partial charge in [0.1, 0.15) is 5.75 Å². The normalized spacial score (nSPS) is 14.4. The number of hydrogen-bond acceptors (Lipinski definition) is 5. The molecule has 3 aromatic rings. The zero-order valence-corrected chi connectivity index (χ0v) is 18.8. The second-order valence-corrected chi connectivity index (χ2v) is 8.81. The molecule has 2 heterocycles. The van der Waals surface area contributed by atoms with Gasteiger partial charge in [0.2, 0.25) is 4.80 Å². The first-order chi connectivity index (χ1) is 15.0. The Hall–Kier alpha value is -3.19. The third kappa shape index (κ3) is 5.11. The number of rotatable bonds is 6. The third-order valence-corrected chi connectivity index (χ3v) is 5.74. The molecule has 0 spiro atoms. The van der Waals surface area contributed by atoms with Crippen molar-refractivity contribution in [3.63, 3.8) is 0 Å². The van der Waals surface area contributed by atoms with Gasteiger partial charge in [0.15, 0.2) is 6.61 Å². The summed E-state index contributed by atoms with van der Waals surface area (Å²) in [6, 6.07) is 15.7. The van der Waals surface area contributed by atoms with Gasteiger partial charge in [-0.1, -0.05) is 32.0 Å². The molecule has 0 unspecified atom stereocenters. The van der Waals surface area contributed by atoms with Crippen molar-refractivity contribution in [3.05, 3.63) is 58.7 Å². The number of carbonyl (C=O) groups is 1. The molecular weight excluding hydrogens is 408 g/mol. The van der Waals surface area contributed by atoms with E-state index in [2.05, 4.69) is 26.1 Å². The fourth-order valence-electron chi connectivity index (χ4n) is 3.25. The molecule has 1 amide bonds. The molecule has 0 bridgehead atoms. The lowest BCUT2D eigenvalue weighted by Gasteiger charge is -2.18. The summed E-state index contributed by atoms with van der Waals surface area (Å²) >= 11 is 1.54. The zero-order valence-electron chi connectivity index (χ0n) is 18.0. The number of benzene rings is 2. The van der Waals surface area contributed by atoms with Gasteiger partial charge >= 0.3 is 0 Å². The molecule has 0 atom stereocenters. The second kappa shape index (κ2) is 9.31. The Labute approximate surface area is 185 Å². The van der Waals surface area contributed by atoms with Crippen molar-refractivity contribution in [2.45, 2.75) is 33.6 Å². The molecule has 0 radical (unpaired) electrons. The number of anilines is 1. The Kier molecular flexibility index (Phi) is 6.32.